The molecule has 6 heterocycles. The molecule has 1 aromatic carbocycles. The number of carbonyl (C=O) groups is 1. The van der Waals surface area contributed by atoms with Gasteiger partial charge in [-0.2, -0.15) is 4.52 Å². The second-order valence-electron chi connectivity index (χ2n) is 10.8. The maximum atomic E-state index is 12.6. The van der Waals surface area contributed by atoms with E-state index in [0.29, 0.717) is 46.7 Å². The standard InChI is InChI=1S/C29H30N8O7S/c38-28(33-36-10-13-45(39,40)14-11-36)19-8-9-20(30-16-19)17-43-29-23-6-2-1-5-22(23)26-31-32-27(37(26)34-29)24-15-21(44-35-24)18-42-25-7-3-4-12-41-25/h1-2,5-6,8-9,15-16,25H,3-4,7,10-14,17-18H2,(H,33,38). The zero-order valence-electron chi connectivity index (χ0n) is 24.2. The number of rotatable bonds is 9. The van der Waals surface area contributed by atoms with Crippen molar-refractivity contribution in [2.24, 2.45) is 0 Å². The first-order valence-corrected chi connectivity index (χ1v) is 16.4. The van der Waals surface area contributed by atoms with Crippen LogP contribution in [0.2, 0.25) is 0 Å². The predicted octanol–water partition coefficient (Wildman–Crippen LogP) is 2.32. The quantitative estimate of drug-likeness (QED) is 0.250. The minimum atomic E-state index is -3.04. The highest BCUT2D eigenvalue weighted by Gasteiger charge is 2.24. The topological polar surface area (TPSA) is 176 Å². The van der Waals surface area contributed by atoms with Gasteiger partial charge in [-0.15, -0.1) is 15.3 Å². The molecule has 0 bridgehead atoms. The number of hydrogen-bond donors (Lipinski definition) is 1. The highest BCUT2D eigenvalue weighted by molar-refractivity contribution is 7.91. The fourth-order valence-corrected chi connectivity index (χ4v) is 6.34. The van der Waals surface area contributed by atoms with Crippen molar-refractivity contribution in [1.29, 1.82) is 0 Å². The average Bonchev–Trinajstić information content (AvgIpc) is 3.71. The summed E-state index contributed by atoms with van der Waals surface area (Å²) in [5.41, 5.74) is 4.63. The Morgan fingerprint density at radius 3 is 2.67 bits per heavy atom. The van der Waals surface area contributed by atoms with E-state index in [1.54, 1.807) is 27.7 Å². The third-order valence-electron chi connectivity index (χ3n) is 7.62. The summed E-state index contributed by atoms with van der Waals surface area (Å²) >= 11 is 0. The van der Waals surface area contributed by atoms with Crippen LogP contribution in [0.15, 0.2) is 53.2 Å². The summed E-state index contributed by atoms with van der Waals surface area (Å²) < 4.78 is 47.9. The molecule has 234 valence electrons. The maximum absolute atomic E-state index is 12.6. The molecule has 2 aliphatic heterocycles. The number of fused-ring (bicyclic) bond motifs is 3. The number of hydrazine groups is 1. The van der Waals surface area contributed by atoms with Gasteiger partial charge in [-0.25, -0.2) is 13.4 Å². The number of nitrogens with zero attached hydrogens (tertiary/aromatic N) is 7. The van der Waals surface area contributed by atoms with Crippen molar-refractivity contribution < 1.29 is 31.9 Å². The van der Waals surface area contributed by atoms with Crippen molar-refractivity contribution in [2.75, 3.05) is 31.2 Å². The number of hydrogen-bond acceptors (Lipinski definition) is 13. The van der Waals surface area contributed by atoms with E-state index in [-0.39, 0.29) is 50.0 Å². The molecule has 2 fully saturated rings. The lowest BCUT2D eigenvalue weighted by atomic mass is 10.2. The van der Waals surface area contributed by atoms with Gasteiger partial charge < -0.3 is 18.7 Å². The monoisotopic (exact) mass is 634 g/mol. The highest BCUT2D eigenvalue weighted by atomic mass is 32.2. The van der Waals surface area contributed by atoms with Crippen LogP contribution in [0.3, 0.4) is 0 Å². The van der Waals surface area contributed by atoms with Crippen LogP contribution < -0.4 is 10.2 Å². The normalized spacial score (nSPS) is 18.7. The Kier molecular flexibility index (Phi) is 8.10. The van der Waals surface area contributed by atoms with Gasteiger partial charge >= 0.3 is 0 Å². The first-order chi connectivity index (χ1) is 21.9. The summed E-state index contributed by atoms with van der Waals surface area (Å²) in [6, 6.07) is 12.6. The smallest absolute Gasteiger partial charge is 0.267 e. The lowest BCUT2D eigenvalue weighted by Gasteiger charge is -2.26. The van der Waals surface area contributed by atoms with Crippen LogP contribution in [0.4, 0.5) is 0 Å². The lowest BCUT2D eigenvalue weighted by molar-refractivity contribution is -0.171. The molecule has 7 rings (SSSR count). The van der Waals surface area contributed by atoms with Crippen LogP contribution in [0.25, 0.3) is 27.9 Å². The molecule has 2 aliphatic rings. The molecule has 16 heteroatoms. The Bertz CT molecular complexity index is 1920. The minimum absolute atomic E-state index is 0.0117. The van der Waals surface area contributed by atoms with Crippen molar-refractivity contribution >= 4 is 32.2 Å². The summed E-state index contributed by atoms with van der Waals surface area (Å²) in [6.45, 7) is 1.48. The second kappa shape index (κ2) is 12.5. The second-order valence-corrected chi connectivity index (χ2v) is 13.1. The molecular weight excluding hydrogens is 604 g/mol. The number of sulfone groups is 1. The third kappa shape index (κ3) is 6.49. The summed E-state index contributed by atoms with van der Waals surface area (Å²) in [5, 5.41) is 20.7. The molecule has 0 radical (unpaired) electrons. The number of amides is 1. The molecule has 5 aromatic rings. The van der Waals surface area contributed by atoms with Gasteiger partial charge in [0.1, 0.15) is 13.2 Å². The Hall–Kier alpha value is -4.51. The maximum Gasteiger partial charge on any atom is 0.267 e. The van der Waals surface area contributed by atoms with Gasteiger partial charge in [0, 0.05) is 42.7 Å². The van der Waals surface area contributed by atoms with E-state index in [4.69, 9.17) is 23.8 Å². The molecule has 1 unspecified atom stereocenters. The van der Waals surface area contributed by atoms with Crippen molar-refractivity contribution in [3.8, 4) is 17.4 Å². The Morgan fingerprint density at radius 1 is 1.04 bits per heavy atom. The van der Waals surface area contributed by atoms with Gasteiger partial charge in [0.25, 0.3) is 5.91 Å². The number of nitrogens with one attached hydrogen (secondary N) is 1. The van der Waals surface area contributed by atoms with Crippen LogP contribution in [0.5, 0.6) is 5.88 Å². The van der Waals surface area contributed by atoms with E-state index in [1.165, 1.54) is 6.20 Å². The number of pyridine rings is 1. The summed E-state index contributed by atoms with van der Waals surface area (Å²) in [6.07, 6.45) is 4.15. The first-order valence-electron chi connectivity index (χ1n) is 14.6. The fraction of sp³-hybridized carbons (Fsp3) is 0.379. The molecule has 1 N–H and O–H groups in total. The van der Waals surface area contributed by atoms with Crippen LogP contribution in [-0.4, -0.2) is 86.8 Å². The van der Waals surface area contributed by atoms with E-state index < -0.39 is 9.84 Å². The van der Waals surface area contributed by atoms with Crippen LogP contribution in [0, 0.1) is 0 Å². The molecule has 15 nitrogen and oxygen atoms in total. The van der Waals surface area contributed by atoms with E-state index in [0.717, 1.165) is 30.0 Å². The molecule has 1 atom stereocenters. The van der Waals surface area contributed by atoms with Crippen LogP contribution in [-0.2, 0) is 32.5 Å². The van der Waals surface area contributed by atoms with Crippen molar-refractivity contribution in [3.63, 3.8) is 0 Å². The van der Waals surface area contributed by atoms with Crippen LogP contribution >= 0.6 is 0 Å². The van der Waals surface area contributed by atoms with E-state index in [1.807, 2.05) is 24.3 Å². The molecule has 0 saturated carbocycles. The first kappa shape index (κ1) is 29.2. The van der Waals surface area contributed by atoms with Crippen LogP contribution in [0.1, 0.15) is 41.1 Å². The van der Waals surface area contributed by atoms with Crippen molar-refractivity contribution in [3.05, 3.63) is 65.7 Å². The minimum Gasteiger partial charge on any atom is -0.470 e. The third-order valence-corrected chi connectivity index (χ3v) is 9.22. The van der Waals surface area contributed by atoms with E-state index >= 15 is 0 Å². The van der Waals surface area contributed by atoms with Gasteiger partial charge in [-0.3, -0.25) is 15.2 Å². The number of ether oxygens (including phenoxy) is 3. The Labute approximate surface area is 257 Å². The molecule has 0 aliphatic carbocycles. The van der Waals surface area contributed by atoms with E-state index in [9.17, 15) is 13.2 Å². The summed E-state index contributed by atoms with van der Waals surface area (Å²) in [5.74, 6) is 0.904. The Morgan fingerprint density at radius 2 is 1.89 bits per heavy atom. The number of benzene rings is 1. The molecule has 4 aromatic heterocycles. The fourth-order valence-electron chi connectivity index (χ4n) is 5.14. The SMILES string of the molecule is O=C(NN1CCS(=O)(=O)CC1)c1ccc(COc2nn3c(-c4cc(COC5CCCCO5)on4)nnc3c3ccccc23)nc1. The van der Waals surface area contributed by atoms with Crippen molar-refractivity contribution in [2.45, 2.75) is 38.8 Å². The molecule has 1 amide bonds. The highest BCUT2D eigenvalue weighted by Crippen LogP contribution is 2.29. The lowest BCUT2D eigenvalue weighted by Crippen LogP contribution is -2.50. The molecular formula is C29H30N8O7S. The number of carbonyl (C=O) groups excluding carboxylic acids is 1. The summed E-state index contributed by atoms with van der Waals surface area (Å²) in [7, 11) is -3.04. The predicted molar refractivity (Wildman–Crippen MR) is 158 cm³/mol. The van der Waals surface area contributed by atoms with Gasteiger partial charge in [0.2, 0.25) is 11.7 Å². The molecule has 2 saturated heterocycles. The Balaban J connectivity index is 1.06. The van der Waals surface area contributed by atoms with Gasteiger partial charge in [0.05, 0.1) is 22.8 Å². The largest absolute Gasteiger partial charge is 0.470 e. The zero-order chi connectivity index (χ0) is 30.8. The average molecular weight is 635 g/mol. The van der Waals surface area contributed by atoms with Gasteiger partial charge in [0.15, 0.2) is 33.2 Å². The molecule has 45 heavy (non-hydrogen) atoms. The summed E-state index contributed by atoms with van der Waals surface area (Å²) in [4.78, 5) is 17.0. The van der Waals surface area contributed by atoms with Gasteiger partial charge in [-0.1, -0.05) is 23.4 Å². The van der Waals surface area contributed by atoms with E-state index in [2.05, 4.69) is 25.8 Å². The van der Waals surface area contributed by atoms with Crippen molar-refractivity contribution in [1.82, 2.24) is 40.4 Å². The number of aromatic nitrogens is 6. The van der Waals surface area contributed by atoms with Gasteiger partial charge in [-0.05, 0) is 37.5 Å². The zero-order valence-corrected chi connectivity index (χ0v) is 25.0. The molecule has 0 spiro atoms.